The lowest BCUT2D eigenvalue weighted by Crippen LogP contribution is -2.50. The molecule has 1 saturated heterocycles. The Kier molecular flexibility index (Phi) is 9.65. The van der Waals surface area contributed by atoms with Gasteiger partial charge in [-0.1, -0.05) is 48.0 Å². The Bertz CT molecular complexity index is 1030. The molecule has 9 heteroatoms. The fourth-order valence-corrected chi connectivity index (χ4v) is 4.60. The second-order valence-corrected chi connectivity index (χ2v) is 9.38. The minimum Gasteiger partial charge on any atom is -0.479 e. The molecule has 2 amide bonds. The Labute approximate surface area is 209 Å². The van der Waals surface area contributed by atoms with Crippen LogP contribution in [0.5, 0.6) is 0 Å². The number of amides is 2. The fourth-order valence-electron chi connectivity index (χ4n) is 4.41. The van der Waals surface area contributed by atoms with Crippen molar-refractivity contribution in [1.29, 1.82) is 0 Å². The van der Waals surface area contributed by atoms with Crippen molar-refractivity contribution in [2.75, 3.05) is 19.7 Å². The molecule has 3 atom stereocenters. The zero-order chi connectivity index (χ0) is 25.4. The Morgan fingerprint density at radius 1 is 1.11 bits per heavy atom. The summed E-state index contributed by atoms with van der Waals surface area (Å²) in [6.07, 6.45) is 0.549. The van der Waals surface area contributed by atoms with Gasteiger partial charge in [-0.15, -0.1) is 0 Å². The second kappa shape index (κ2) is 12.7. The van der Waals surface area contributed by atoms with Crippen LogP contribution < -0.4 is 5.32 Å². The monoisotopic (exact) mass is 502 g/mol. The normalized spacial score (nSPS) is 17.5. The van der Waals surface area contributed by atoms with Gasteiger partial charge in [0.05, 0.1) is 0 Å². The maximum atomic E-state index is 12.7. The standard InChI is InChI=1S/C26H31ClN2O6/c27-21-5-1-4-20(14-21)19-8-6-17(7-9-19)13-22(15-23(31)26(34)35)28-24(32)25(33)29-11-2-3-18(16-29)10-12-30/h1,4-9,14,18,22-23,30-31H,2-3,10-13,15-16H2,(H,28,32)(H,34,35)/t18?,22-,23-/m1/s1. The summed E-state index contributed by atoms with van der Waals surface area (Å²) in [6, 6.07) is 14.2. The van der Waals surface area contributed by atoms with Crippen molar-refractivity contribution in [3.63, 3.8) is 0 Å². The van der Waals surface area contributed by atoms with Crippen LogP contribution in [-0.4, -0.2) is 69.8 Å². The Balaban J connectivity index is 1.68. The zero-order valence-electron chi connectivity index (χ0n) is 19.4. The molecule has 2 aromatic carbocycles. The topological polar surface area (TPSA) is 127 Å². The second-order valence-electron chi connectivity index (χ2n) is 8.94. The molecule has 4 N–H and O–H groups in total. The van der Waals surface area contributed by atoms with Gasteiger partial charge in [-0.2, -0.15) is 0 Å². The number of hydrogen-bond acceptors (Lipinski definition) is 5. The SMILES string of the molecule is O=C(N[C@H](Cc1ccc(-c2cccc(Cl)c2)cc1)C[C@@H](O)C(=O)O)C(=O)N1CCCC(CCO)C1. The molecule has 0 bridgehead atoms. The Hall–Kier alpha value is -2.94. The lowest BCUT2D eigenvalue weighted by atomic mass is 9.95. The number of aliphatic hydroxyl groups is 2. The summed E-state index contributed by atoms with van der Waals surface area (Å²) in [4.78, 5) is 38.2. The smallest absolute Gasteiger partial charge is 0.332 e. The van der Waals surface area contributed by atoms with Crippen LogP contribution in [0, 0.1) is 5.92 Å². The van der Waals surface area contributed by atoms with Crippen LogP contribution >= 0.6 is 11.6 Å². The molecule has 0 spiro atoms. The van der Waals surface area contributed by atoms with Gasteiger partial charge in [0.1, 0.15) is 0 Å². The number of piperidine rings is 1. The van der Waals surface area contributed by atoms with Crippen molar-refractivity contribution in [1.82, 2.24) is 10.2 Å². The number of nitrogens with zero attached hydrogens (tertiary/aromatic N) is 1. The lowest BCUT2D eigenvalue weighted by Gasteiger charge is -2.32. The van der Waals surface area contributed by atoms with Gasteiger partial charge in [0.2, 0.25) is 0 Å². The van der Waals surface area contributed by atoms with Gasteiger partial charge in [0, 0.05) is 37.2 Å². The van der Waals surface area contributed by atoms with Crippen molar-refractivity contribution in [3.05, 3.63) is 59.1 Å². The van der Waals surface area contributed by atoms with Gasteiger partial charge in [-0.3, -0.25) is 9.59 Å². The number of benzene rings is 2. The van der Waals surface area contributed by atoms with E-state index in [0.29, 0.717) is 24.5 Å². The van der Waals surface area contributed by atoms with E-state index in [1.165, 1.54) is 4.90 Å². The maximum Gasteiger partial charge on any atom is 0.332 e. The molecule has 188 valence electrons. The summed E-state index contributed by atoms with van der Waals surface area (Å²) in [6.45, 7) is 0.895. The van der Waals surface area contributed by atoms with E-state index in [1.807, 2.05) is 42.5 Å². The van der Waals surface area contributed by atoms with Gasteiger partial charge in [0.15, 0.2) is 6.10 Å². The van der Waals surface area contributed by atoms with E-state index < -0.39 is 29.9 Å². The number of rotatable bonds is 9. The summed E-state index contributed by atoms with van der Waals surface area (Å²) < 4.78 is 0. The van der Waals surface area contributed by atoms with E-state index in [0.717, 1.165) is 29.5 Å². The molecule has 1 unspecified atom stereocenters. The fraction of sp³-hybridized carbons (Fsp3) is 0.423. The first-order chi connectivity index (χ1) is 16.8. The summed E-state index contributed by atoms with van der Waals surface area (Å²) in [5, 5.41) is 31.5. The summed E-state index contributed by atoms with van der Waals surface area (Å²) in [5.41, 5.74) is 2.70. The summed E-state index contributed by atoms with van der Waals surface area (Å²) in [7, 11) is 0. The van der Waals surface area contributed by atoms with E-state index in [9.17, 15) is 24.6 Å². The molecule has 0 aromatic heterocycles. The highest BCUT2D eigenvalue weighted by molar-refractivity contribution is 6.35. The molecule has 1 aliphatic rings. The predicted octanol–water partition coefficient (Wildman–Crippen LogP) is 2.49. The van der Waals surface area contributed by atoms with Crippen LogP contribution in [0.1, 0.15) is 31.2 Å². The van der Waals surface area contributed by atoms with Crippen LogP contribution in [0.2, 0.25) is 5.02 Å². The lowest BCUT2D eigenvalue weighted by molar-refractivity contribution is -0.149. The van der Waals surface area contributed by atoms with Gasteiger partial charge in [-0.05, 0) is 60.4 Å². The van der Waals surface area contributed by atoms with Crippen LogP contribution in [0.3, 0.4) is 0 Å². The molecule has 3 rings (SSSR count). The first kappa shape index (κ1) is 26.7. The highest BCUT2D eigenvalue weighted by Gasteiger charge is 2.30. The molecule has 0 saturated carbocycles. The number of nitrogens with one attached hydrogen (secondary N) is 1. The molecule has 0 radical (unpaired) electrons. The predicted molar refractivity (Wildman–Crippen MR) is 132 cm³/mol. The number of hydrogen-bond donors (Lipinski definition) is 4. The number of aliphatic hydroxyl groups excluding tert-OH is 2. The number of aliphatic carboxylic acids is 1. The molecular weight excluding hydrogens is 472 g/mol. The van der Waals surface area contributed by atoms with E-state index in [1.54, 1.807) is 6.07 Å². The largest absolute Gasteiger partial charge is 0.479 e. The number of carbonyl (C=O) groups excluding carboxylic acids is 2. The van der Waals surface area contributed by atoms with E-state index >= 15 is 0 Å². The van der Waals surface area contributed by atoms with Crippen LogP contribution in [0.4, 0.5) is 0 Å². The third-order valence-corrected chi connectivity index (χ3v) is 6.49. The molecule has 35 heavy (non-hydrogen) atoms. The zero-order valence-corrected chi connectivity index (χ0v) is 20.2. The minimum absolute atomic E-state index is 0.0319. The molecule has 1 fully saturated rings. The van der Waals surface area contributed by atoms with E-state index in [4.69, 9.17) is 16.7 Å². The molecule has 1 heterocycles. The molecular formula is C26H31ClN2O6. The maximum absolute atomic E-state index is 12.7. The number of likely N-dealkylation sites (tertiary alicyclic amines) is 1. The Morgan fingerprint density at radius 2 is 1.86 bits per heavy atom. The van der Waals surface area contributed by atoms with Gasteiger partial charge in [-0.25, -0.2) is 4.79 Å². The number of halogens is 1. The first-order valence-electron chi connectivity index (χ1n) is 11.7. The Morgan fingerprint density at radius 3 is 2.51 bits per heavy atom. The van der Waals surface area contributed by atoms with Gasteiger partial charge >= 0.3 is 17.8 Å². The summed E-state index contributed by atoms with van der Waals surface area (Å²) in [5.74, 6) is -2.76. The van der Waals surface area contributed by atoms with Crippen molar-refractivity contribution in [2.24, 2.45) is 5.92 Å². The van der Waals surface area contributed by atoms with Crippen LogP contribution in [0.25, 0.3) is 11.1 Å². The molecule has 1 aliphatic heterocycles. The van der Waals surface area contributed by atoms with Crippen molar-refractivity contribution in [2.45, 2.75) is 44.2 Å². The third kappa shape index (κ3) is 7.78. The number of carboxylic acid groups (broad SMARTS) is 1. The minimum atomic E-state index is -1.68. The average Bonchev–Trinajstić information content (AvgIpc) is 2.84. The van der Waals surface area contributed by atoms with Crippen LogP contribution in [0.15, 0.2) is 48.5 Å². The quantitative estimate of drug-likeness (QED) is 0.390. The molecule has 2 aromatic rings. The highest BCUT2D eigenvalue weighted by atomic mass is 35.5. The average molecular weight is 503 g/mol. The van der Waals surface area contributed by atoms with E-state index in [-0.39, 0.29) is 25.4 Å². The van der Waals surface area contributed by atoms with E-state index in [2.05, 4.69) is 5.32 Å². The van der Waals surface area contributed by atoms with Gasteiger partial charge < -0.3 is 25.5 Å². The number of carboxylic acids is 1. The van der Waals surface area contributed by atoms with Crippen molar-refractivity contribution in [3.8, 4) is 11.1 Å². The first-order valence-corrected chi connectivity index (χ1v) is 12.1. The van der Waals surface area contributed by atoms with Crippen molar-refractivity contribution >= 4 is 29.4 Å². The molecule has 8 nitrogen and oxygen atoms in total. The molecule has 0 aliphatic carbocycles. The van der Waals surface area contributed by atoms with Crippen LogP contribution in [-0.2, 0) is 20.8 Å². The highest BCUT2D eigenvalue weighted by Crippen LogP contribution is 2.24. The summed E-state index contributed by atoms with van der Waals surface area (Å²) >= 11 is 6.07. The van der Waals surface area contributed by atoms with Crippen molar-refractivity contribution < 1.29 is 29.7 Å². The van der Waals surface area contributed by atoms with Gasteiger partial charge in [0.25, 0.3) is 0 Å². The number of carbonyl (C=O) groups is 3. The third-order valence-electron chi connectivity index (χ3n) is 6.26.